The zero-order chi connectivity index (χ0) is 12.8. The molecule has 0 aliphatic rings. The molecule has 0 aliphatic heterocycles. The van der Waals surface area contributed by atoms with Gasteiger partial charge in [0.05, 0.1) is 23.4 Å². The summed E-state index contributed by atoms with van der Waals surface area (Å²) in [5.41, 5.74) is 0. The van der Waals surface area contributed by atoms with Crippen LogP contribution < -0.4 is 5.32 Å². The monoisotopic (exact) mass is 273 g/mol. The minimum absolute atomic E-state index is 0.189. The lowest BCUT2D eigenvalue weighted by molar-refractivity contribution is 0.194. The molecule has 8 heteroatoms. The predicted octanol–water partition coefficient (Wildman–Crippen LogP) is -1.58. The molecular weight excluding hydrogens is 254 g/mol. The van der Waals surface area contributed by atoms with Crippen molar-refractivity contribution in [3.8, 4) is 0 Å². The van der Waals surface area contributed by atoms with E-state index in [4.69, 9.17) is 0 Å². The Bertz CT molecular complexity index is 387. The van der Waals surface area contributed by atoms with Gasteiger partial charge >= 0.3 is 0 Å². The number of likely N-dealkylation sites (N-methyl/N-ethyl adjacent to an activating group) is 1. The molecule has 0 aromatic heterocycles. The third-order valence-corrected chi connectivity index (χ3v) is 4.76. The van der Waals surface area contributed by atoms with Gasteiger partial charge in [0.1, 0.15) is 9.84 Å². The maximum absolute atomic E-state index is 11.4. The normalized spacial score (nSPS) is 14.9. The molecule has 2 N–H and O–H groups in total. The van der Waals surface area contributed by atoms with Crippen molar-refractivity contribution in [2.24, 2.45) is 0 Å². The van der Waals surface area contributed by atoms with E-state index in [0.717, 1.165) is 6.26 Å². The van der Waals surface area contributed by atoms with Crippen molar-refractivity contribution in [2.45, 2.75) is 13.0 Å². The summed E-state index contributed by atoms with van der Waals surface area (Å²) in [4.78, 5) is 0. The molecule has 0 amide bonds. The highest BCUT2D eigenvalue weighted by Crippen LogP contribution is 1.97. The summed E-state index contributed by atoms with van der Waals surface area (Å²) in [5, 5.41) is 12.2. The molecule has 0 saturated carbocycles. The van der Waals surface area contributed by atoms with Gasteiger partial charge < -0.3 is 10.4 Å². The summed E-state index contributed by atoms with van der Waals surface area (Å²) in [7, 11) is -6.80. The van der Waals surface area contributed by atoms with Crippen LogP contribution in [0.25, 0.3) is 0 Å². The van der Waals surface area contributed by atoms with Crippen molar-refractivity contribution >= 4 is 19.7 Å². The van der Waals surface area contributed by atoms with Gasteiger partial charge in [-0.15, -0.1) is 0 Å². The predicted molar refractivity (Wildman–Crippen MR) is 62.9 cm³/mol. The van der Waals surface area contributed by atoms with E-state index >= 15 is 0 Å². The molecule has 0 spiro atoms. The van der Waals surface area contributed by atoms with E-state index in [1.807, 2.05) is 6.92 Å². The Morgan fingerprint density at radius 2 is 1.75 bits per heavy atom. The molecular formula is C8H19NO5S2. The highest BCUT2D eigenvalue weighted by Gasteiger charge is 2.19. The molecule has 6 nitrogen and oxygen atoms in total. The van der Waals surface area contributed by atoms with E-state index in [-0.39, 0.29) is 6.54 Å². The van der Waals surface area contributed by atoms with Crippen LogP contribution in [0, 0.1) is 0 Å². The third-order valence-electron chi connectivity index (χ3n) is 1.84. The zero-order valence-electron chi connectivity index (χ0n) is 9.51. The van der Waals surface area contributed by atoms with E-state index in [0.29, 0.717) is 6.54 Å². The minimum Gasteiger partial charge on any atom is -0.391 e. The third kappa shape index (κ3) is 9.08. The summed E-state index contributed by atoms with van der Waals surface area (Å²) >= 11 is 0. The molecule has 0 aromatic carbocycles. The second-order valence-electron chi connectivity index (χ2n) is 3.71. The fourth-order valence-corrected chi connectivity index (χ4v) is 4.12. The summed E-state index contributed by atoms with van der Waals surface area (Å²) in [6, 6.07) is 0. The Balaban J connectivity index is 4.15. The molecule has 0 rings (SSSR count). The Morgan fingerprint density at radius 1 is 1.19 bits per heavy atom. The van der Waals surface area contributed by atoms with Gasteiger partial charge in [-0.1, -0.05) is 6.92 Å². The van der Waals surface area contributed by atoms with Crippen molar-refractivity contribution in [1.82, 2.24) is 5.32 Å². The number of aliphatic hydroxyl groups excluding tert-OH is 1. The van der Waals surface area contributed by atoms with E-state index in [2.05, 4.69) is 5.32 Å². The first-order valence-electron chi connectivity index (χ1n) is 4.93. The first kappa shape index (κ1) is 15.8. The van der Waals surface area contributed by atoms with Gasteiger partial charge in [0, 0.05) is 12.8 Å². The number of aliphatic hydroxyl groups is 1. The van der Waals surface area contributed by atoms with E-state index in [1.54, 1.807) is 0 Å². The summed E-state index contributed by atoms with van der Waals surface area (Å²) in [5.74, 6) is -1.24. The van der Waals surface area contributed by atoms with Crippen molar-refractivity contribution in [3.05, 3.63) is 0 Å². The summed E-state index contributed by atoms with van der Waals surface area (Å²) < 4.78 is 44.4. The number of nitrogens with one attached hydrogen (secondary N) is 1. The lowest BCUT2D eigenvalue weighted by Gasteiger charge is -2.11. The lowest BCUT2D eigenvalue weighted by atomic mass is 10.4. The first-order valence-corrected chi connectivity index (χ1v) is 8.81. The number of sulfone groups is 2. The smallest absolute Gasteiger partial charge is 0.153 e. The van der Waals surface area contributed by atoms with Gasteiger partial charge in [0.15, 0.2) is 9.84 Å². The highest BCUT2D eigenvalue weighted by atomic mass is 32.2. The SMILES string of the molecule is CCNCC(O)CS(=O)(=O)CCS(C)(=O)=O. The Labute approximate surface area is 96.9 Å². The number of hydrogen-bond donors (Lipinski definition) is 2. The second kappa shape index (κ2) is 6.53. The van der Waals surface area contributed by atoms with Crippen molar-refractivity contribution < 1.29 is 21.9 Å². The van der Waals surface area contributed by atoms with Crippen LogP contribution in [-0.2, 0) is 19.7 Å². The van der Waals surface area contributed by atoms with Gasteiger partial charge in [-0.3, -0.25) is 0 Å². The largest absolute Gasteiger partial charge is 0.391 e. The fourth-order valence-electron chi connectivity index (χ4n) is 1.02. The second-order valence-corrected chi connectivity index (χ2v) is 8.19. The molecule has 0 aromatic rings. The van der Waals surface area contributed by atoms with Gasteiger partial charge in [0.2, 0.25) is 0 Å². The molecule has 1 atom stereocenters. The zero-order valence-corrected chi connectivity index (χ0v) is 11.1. The summed E-state index contributed by atoms with van der Waals surface area (Å²) in [6.45, 7) is 2.67. The molecule has 98 valence electrons. The number of rotatable bonds is 8. The quantitative estimate of drug-likeness (QED) is 0.553. The van der Waals surface area contributed by atoms with Gasteiger partial charge in [-0.2, -0.15) is 0 Å². The maximum Gasteiger partial charge on any atom is 0.153 e. The van der Waals surface area contributed by atoms with E-state index < -0.39 is 43.0 Å². The summed E-state index contributed by atoms with van der Waals surface area (Å²) in [6.07, 6.45) is -0.0121. The lowest BCUT2D eigenvalue weighted by Crippen LogP contribution is -2.34. The minimum atomic E-state index is -3.51. The van der Waals surface area contributed by atoms with Gasteiger partial charge in [0.25, 0.3) is 0 Å². The van der Waals surface area contributed by atoms with Crippen LogP contribution in [0.5, 0.6) is 0 Å². The molecule has 0 fully saturated rings. The van der Waals surface area contributed by atoms with Gasteiger partial charge in [-0.05, 0) is 6.54 Å². The molecule has 0 saturated heterocycles. The highest BCUT2D eigenvalue weighted by molar-refractivity contribution is 7.94. The molecule has 0 aliphatic carbocycles. The van der Waals surface area contributed by atoms with Crippen LogP contribution >= 0.6 is 0 Å². The van der Waals surface area contributed by atoms with Crippen LogP contribution in [0.4, 0.5) is 0 Å². The van der Waals surface area contributed by atoms with Crippen molar-refractivity contribution in [3.63, 3.8) is 0 Å². The van der Waals surface area contributed by atoms with Crippen LogP contribution in [0.3, 0.4) is 0 Å². The Hall–Kier alpha value is -0.180. The molecule has 0 bridgehead atoms. The molecule has 1 unspecified atom stereocenters. The maximum atomic E-state index is 11.4. The van der Waals surface area contributed by atoms with Crippen molar-refractivity contribution in [2.75, 3.05) is 36.6 Å². The molecule has 16 heavy (non-hydrogen) atoms. The topological polar surface area (TPSA) is 101 Å². The van der Waals surface area contributed by atoms with Gasteiger partial charge in [-0.25, -0.2) is 16.8 Å². The fraction of sp³-hybridized carbons (Fsp3) is 1.00. The van der Waals surface area contributed by atoms with Crippen LogP contribution in [0.1, 0.15) is 6.92 Å². The average molecular weight is 273 g/mol. The average Bonchev–Trinajstić information content (AvgIpc) is 2.10. The number of hydrogen-bond acceptors (Lipinski definition) is 6. The standard InChI is InChI=1S/C8H19NO5S2/c1-3-9-6-8(10)7-16(13,14)5-4-15(2,11)12/h8-10H,3-7H2,1-2H3. The Kier molecular flexibility index (Phi) is 6.46. The first-order chi connectivity index (χ1) is 7.16. The van der Waals surface area contributed by atoms with E-state index in [1.165, 1.54) is 0 Å². The molecule has 0 radical (unpaired) electrons. The van der Waals surface area contributed by atoms with Crippen LogP contribution in [0.2, 0.25) is 0 Å². The van der Waals surface area contributed by atoms with Crippen molar-refractivity contribution in [1.29, 1.82) is 0 Å². The van der Waals surface area contributed by atoms with Crippen LogP contribution in [-0.4, -0.2) is 64.6 Å². The van der Waals surface area contributed by atoms with Crippen LogP contribution in [0.15, 0.2) is 0 Å². The van der Waals surface area contributed by atoms with E-state index in [9.17, 15) is 21.9 Å². The Morgan fingerprint density at radius 3 is 2.19 bits per heavy atom. The molecule has 0 heterocycles.